The van der Waals surface area contributed by atoms with Crippen LogP contribution in [0.2, 0.25) is 0 Å². The first-order valence-corrected chi connectivity index (χ1v) is 12.9. The van der Waals surface area contributed by atoms with E-state index in [4.69, 9.17) is 8.92 Å². The Balaban J connectivity index is 1.62. The number of alkyl halides is 3. The predicted molar refractivity (Wildman–Crippen MR) is 124 cm³/mol. The molecular weight excluding hydrogens is 483 g/mol. The van der Waals surface area contributed by atoms with Gasteiger partial charge in [-0.3, -0.25) is 9.78 Å². The molecule has 1 aliphatic heterocycles. The number of rotatable bonds is 7. The van der Waals surface area contributed by atoms with Gasteiger partial charge in [0.15, 0.2) is 0 Å². The number of hydrogen-bond acceptors (Lipinski definition) is 6. The SMILES string of the molecule is CC(C)(C)C1CC(C(=O)OS(=O)(=O)c2ccc(-c3ccc(CCCC(F)(F)F)cn3)cc2)CCO1. The van der Waals surface area contributed by atoms with E-state index in [2.05, 4.69) is 4.98 Å². The molecule has 1 aromatic carbocycles. The van der Waals surface area contributed by atoms with Gasteiger partial charge in [0.25, 0.3) is 0 Å². The summed E-state index contributed by atoms with van der Waals surface area (Å²) in [5.74, 6) is -1.34. The van der Waals surface area contributed by atoms with Crippen molar-refractivity contribution in [2.24, 2.45) is 11.3 Å². The molecule has 1 aromatic heterocycles. The van der Waals surface area contributed by atoms with E-state index in [1.54, 1.807) is 12.1 Å². The first kappa shape index (κ1) is 27.1. The number of aryl methyl sites for hydroxylation is 1. The lowest BCUT2D eigenvalue weighted by Crippen LogP contribution is -2.39. The Morgan fingerprint density at radius 3 is 2.37 bits per heavy atom. The summed E-state index contributed by atoms with van der Waals surface area (Å²) in [6.07, 6.45) is -2.63. The molecule has 35 heavy (non-hydrogen) atoms. The number of carbonyl (C=O) groups is 1. The molecule has 1 fully saturated rings. The molecule has 2 atom stereocenters. The van der Waals surface area contributed by atoms with Crippen LogP contribution in [0.4, 0.5) is 13.2 Å². The Morgan fingerprint density at radius 1 is 1.11 bits per heavy atom. The highest BCUT2D eigenvalue weighted by atomic mass is 32.2. The van der Waals surface area contributed by atoms with Crippen LogP contribution in [0.1, 0.15) is 52.0 Å². The number of benzene rings is 1. The smallest absolute Gasteiger partial charge is 0.378 e. The molecule has 10 heteroatoms. The minimum atomic E-state index is -4.29. The Morgan fingerprint density at radius 2 is 1.80 bits per heavy atom. The average molecular weight is 514 g/mol. The average Bonchev–Trinajstić information content (AvgIpc) is 2.78. The minimum Gasteiger partial charge on any atom is -0.378 e. The van der Waals surface area contributed by atoms with Crippen molar-refractivity contribution >= 4 is 16.1 Å². The van der Waals surface area contributed by atoms with Crippen LogP contribution in [0, 0.1) is 11.3 Å². The van der Waals surface area contributed by atoms with Crippen molar-refractivity contribution in [2.45, 2.75) is 70.1 Å². The Kier molecular flexibility index (Phi) is 8.26. The van der Waals surface area contributed by atoms with E-state index < -0.39 is 34.6 Å². The largest absolute Gasteiger partial charge is 0.389 e. The third kappa shape index (κ3) is 7.76. The Labute approximate surface area is 204 Å². The van der Waals surface area contributed by atoms with Gasteiger partial charge in [-0.2, -0.15) is 21.6 Å². The van der Waals surface area contributed by atoms with Crippen LogP contribution in [-0.4, -0.2) is 38.3 Å². The number of pyridine rings is 1. The molecule has 0 bridgehead atoms. The summed E-state index contributed by atoms with van der Waals surface area (Å²) in [6, 6.07) is 9.11. The van der Waals surface area contributed by atoms with E-state index >= 15 is 0 Å². The molecule has 0 N–H and O–H groups in total. The van der Waals surface area contributed by atoms with Gasteiger partial charge >= 0.3 is 22.3 Å². The van der Waals surface area contributed by atoms with Gasteiger partial charge in [0.05, 0.1) is 17.7 Å². The van der Waals surface area contributed by atoms with Crippen LogP contribution in [0.15, 0.2) is 47.5 Å². The predicted octanol–water partition coefficient (Wildman–Crippen LogP) is 5.71. The first-order valence-electron chi connectivity index (χ1n) is 11.5. The monoisotopic (exact) mass is 513 g/mol. The van der Waals surface area contributed by atoms with E-state index in [9.17, 15) is 26.4 Å². The van der Waals surface area contributed by atoms with Gasteiger partial charge in [0, 0.05) is 24.8 Å². The zero-order valence-corrected chi connectivity index (χ0v) is 20.8. The maximum atomic E-state index is 12.7. The Hall–Kier alpha value is -2.46. The number of ether oxygens (including phenoxy) is 1. The van der Waals surface area contributed by atoms with Crippen molar-refractivity contribution in [1.29, 1.82) is 0 Å². The second-order valence-electron chi connectivity index (χ2n) is 9.85. The number of aromatic nitrogens is 1. The van der Waals surface area contributed by atoms with E-state index in [0.717, 1.165) is 0 Å². The maximum absolute atomic E-state index is 12.7. The zero-order chi connectivity index (χ0) is 25.9. The molecule has 2 heterocycles. The van der Waals surface area contributed by atoms with Gasteiger partial charge in [-0.25, -0.2) is 0 Å². The van der Waals surface area contributed by atoms with E-state index in [-0.39, 0.29) is 29.3 Å². The van der Waals surface area contributed by atoms with Gasteiger partial charge in [-0.05, 0) is 54.9 Å². The van der Waals surface area contributed by atoms with Gasteiger partial charge < -0.3 is 8.92 Å². The highest BCUT2D eigenvalue weighted by Gasteiger charge is 2.37. The lowest BCUT2D eigenvalue weighted by Gasteiger charge is -2.36. The van der Waals surface area contributed by atoms with Gasteiger partial charge in [-0.1, -0.05) is 39.0 Å². The fraction of sp³-hybridized carbons (Fsp3) is 0.520. The minimum absolute atomic E-state index is 0.0133. The summed E-state index contributed by atoms with van der Waals surface area (Å²) >= 11 is 0. The van der Waals surface area contributed by atoms with E-state index in [1.807, 2.05) is 20.8 Å². The molecule has 192 valence electrons. The third-order valence-corrected chi connectivity index (χ3v) is 7.20. The molecule has 1 saturated heterocycles. The molecule has 2 unspecified atom stereocenters. The second kappa shape index (κ2) is 10.7. The summed E-state index contributed by atoms with van der Waals surface area (Å²) in [5, 5.41) is 0. The van der Waals surface area contributed by atoms with Crippen molar-refractivity contribution in [1.82, 2.24) is 4.98 Å². The molecule has 0 spiro atoms. The zero-order valence-electron chi connectivity index (χ0n) is 20.0. The standard InChI is InChI=1S/C25H30F3NO5S/c1-24(2,3)22-15-19(12-14-33-22)23(30)34-35(31,32)20-9-7-18(8-10-20)21-11-6-17(16-29-21)5-4-13-25(26,27)28/h6-11,16,19,22H,4-5,12-15H2,1-3H3. The molecule has 0 amide bonds. The van der Waals surface area contributed by atoms with Crippen molar-refractivity contribution < 1.29 is 35.3 Å². The van der Waals surface area contributed by atoms with Crippen molar-refractivity contribution in [3.05, 3.63) is 48.2 Å². The summed E-state index contributed by atoms with van der Waals surface area (Å²) in [6.45, 7) is 6.37. The summed E-state index contributed by atoms with van der Waals surface area (Å²) < 4.78 is 72.8. The lowest BCUT2D eigenvalue weighted by atomic mass is 9.81. The maximum Gasteiger partial charge on any atom is 0.389 e. The summed E-state index contributed by atoms with van der Waals surface area (Å²) in [4.78, 5) is 16.7. The van der Waals surface area contributed by atoms with Crippen LogP contribution in [0.3, 0.4) is 0 Å². The molecule has 0 radical (unpaired) electrons. The number of halogens is 3. The highest BCUT2D eigenvalue weighted by Crippen LogP contribution is 2.33. The van der Waals surface area contributed by atoms with Gasteiger partial charge in [0.1, 0.15) is 4.90 Å². The van der Waals surface area contributed by atoms with Gasteiger partial charge in [-0.15, -0.1) is 0 Å². The molecule has 0 saturated carbocycles. The normalized spacial score (nSPS) is 19.4. The number of nitrogens with zero attached hydrogens (tertiary/aromatic N) is 1. The molecule has 1 aliphatic rings. The quantitative estimate of drug-likeness (QED) is 0.441. The molecule has 0 aliphatic carbocycles. The summed E-state index contributed by atoms with van der Waals surface area (Å²) in [7, 11) is -4.29. The Bertz CT molecular complexity index is 1110. The third-order valence-electron chi connectivity index (χ3n) is 5.96. The number of carbonyl (C=O) groups excluding carboxylic acids is 1. The van der Waals surface area contributed by atoms with Crippen molar-refractivity contribution in [3.63, 3.8) is 0 Å². The number of hydrogen-bond donors (Lipinski definition) is 0. The van der Waals surface area contributed by atoms with E-state index in [0.29, 0.717) is 36.3 Å². The fourth-order valence-corrected chi connectivity index (χ4v) is 4.79. The molecule has 3 rings (SSSR count). The lowest BCUT2D eigenvalue weighted by molar-refractivity contribution is -0.146. The molecule has 6 nitrogen and oxygen atoms in total. The van der Waals surface area contributed by atoms with E-state index in [1.165, 1.54) is 30.5 Å². The van der Waals surface area contributed by atoms with Crippen molar-refractivity contribution in [2.75, 3.05) is 6.61 Å². The van der Waals surface area contributed by atoms with Gasteiger partial charge in [0.2, 0.25) is 0 Å². The molecule has 2 aromatic rings. The van der Waals surface area contributed by atoms with Crippen molar-refractivity contribution in [3.8, 4) is 11.3 Å². The van der Waals surface area contributed by atoms with Crippen LogP contribution in [0.5, 0.6) is 0 Å². The van der Waals surface area contributed by atoms with Crippen LogP contribution < -0.4 is 0 Å². The second-order valence-corrected chi connectivity index (χ2v) is 11.4. The fourth-order valence-electron chi connectivity index (χ4n) is 3.87. The van der Waals surface area contributed by atoms with Crippen LogP contribution in [0.25, 0.3) is 11.3 Å². The topological polar surface area (TPSA) is 82.6 Å². The molecular formula is C25H30F3NO5S. The summed E-state index contributed by atoms with van der Waals surface area (Å²) in [5.41, 5.74) is 1.67. The highest BCUT2D eigenvalue weighted by molar-refractivity contribution is 7.87. The first-order chi connectivity index (χ1) is 16.2. The van der Waals surface area contributed by atoms with Crippen LogP contribution in [-0.2, 0) is 30.3 Å². The van der Waals surface area contributed by atoms with Crippen LogP contribution >= 0.6 is 0 Å².